The number of aliphatic carboxylic acids is 1. The molecule has 1 atom stereocenters. The maximum absolute atomic E-state index is 12.2. The summed E-state index contributed by atoms with van der Waals surface area (Å²) in [7, 11) is 1.56. The Labute approximate surface area is 199 Å². The monoisotopic (exact) mass is 483 g/mol. The van der Waals surface area contributed by atoms with Crippen LogP contribution in [0.25, 0.3) is 22.1 Å². The second kappa shape index (κ2) is 11.5. The number of amides is 3. The van der Waals surface area contributed by atoms with Gasteiger partial charge >= 0.3 is 17.6 Å². The number of carbonyl (C=O) groups is 3. The van der Waals surface area contributed by atoms with Crippen molar-refractivity contribution in [2.24, 2.45) is 5.73 Å². The summed E-state index contributed by atoms with van der Waals surface area (Å²) < 4.78 is 15.9. The maximum atomic E-state index is 12.2. The van der Waals surface area contributed by atoms with Crippen molar-refractivity contribution >= 4 is 28.9 Å². The zero-order chi connectivity index (χ0) is 25.4. The number of rotatable bonds is 11. The van der Waals surface area contributed by atoms with Gasteiger partial charge in [-0.05, 0) is 48.2 Å². The summed E-state index contributed by atoms with van der Waals surface area (Å²) in [6, 6.07) is 11.6. The molecule has 184 valence electrons. The average molecular weight is 483 g/mol. The third-order valence-electron chi connectivity index (χ3n) is 5.09. The highest BCUT2D eigenvalue weighted by Gasteiger charge is 2.20. The van der Waals surface area contributed by atoms with Gasteiger partial charge in [-0.1, -0.05) is 12.1 Å². The number of carboxylic acid groups (broad SMARTS) is 1. The summed E-state index contributed by atoms with van der Waals surface area (Å²) in [4.78, 5) is 46.4. The summed E-state index contributed by atoms with van der Waals surface area (Å²) in [5, 5.41) is 14.7. The molecule has 11 nitrogen and oxygen atoms in total. The summed E-state index contributed by atoms with van der Waals surface area (Å²) in [6.07, 6.45) is 0.401. The molecule has 3 aromatic rings. The van der Waals surface area contributed by atoms with E-state index in [-0.39, 0.29) is 24.3 Å². The van der Waals surface area contributed by atoms with E-state index in [1.165, 1.54) is 12.1 Å². The van der Waals surface area contributed by atoms with E-state index in [2.05, 4.69) is 10.6 Å². The van der Waals surface area contributed by atoms with Crippen LogP contribution >= 0.6 is 0 Å². The van der Waals surface area contributed by atoms with Crippen molar-refractivity contribution in [3.8, 4) is 22.6 Å². The summed E-state index contributed by atoms with van der Waals surface area (Å²) >= 11 is 0. The number of ether oxygens (including phenoxy) is 2. The lowest BCUT2D eigenvalue weighted by Gasteiger charge is -2.15. The molecule has 0 aliphatic rings. The van der Waals surface area contributed by atoms with Crippen molar-refractivity contribution in [1.29, 1.82) is 0 Å². The van der Waals surface area contributed by atoms with Crippen molar-refractivity contribution < 1.29 is 33.4 Å². The first kappa shape index (κ1) is 25.1. The first-order valence-electron chi connectivity index (χ1n) is 10.7. The molecule has 3 rings (SSSR count). The van der Waals surface area contributed by atoms with E-state index in [1.807, 2.05) is 12.1 Å². The predicted octanol–water partition coefficient (Wildman–Crippen LogP) is 1.87. The Hall–Kier alpha value is -4.54. The summed E-state index contributed by atoms with van der Waals surface area (Å²) in [5.74, 6) is -0.910. The average Bonchev–Trinajstić information content (AvgIpc) is 2.83. The Balaban J connectivity index is 1.67. The van der Waals surface area contributed by atoms with Crippen molar-refractivity contribution in [2.75, 3.05) is 20.3 Å². The Morgan fingerprint density at radius 3 is 2.46 bits per heavy atom. The smallest absolute Gasteiger partial charge is 0.336 e. The highest BCUT2D eigenvalue weighted by atomic mass is 16.5. The topological polar surface area (TPSA) is 170 Å². The van der Waals surface area contributed by atoms with Crippen LogP contribution in [0.15, 0.2) is 57.7 Å². The molecule has 11 heteroatoms. The minimum atomic E-state index is -1.21. The second-order valence-corrected chi connectivity index (χ2v) is 7.55. The minimum absolute atomic E-state index is 0.0939. The second-order valence-electron chi connectivity index (χ2n) is 7.55. The minimum Gasteiger partial charge on any atom is -0.497 e. The Kier molecular flexibility index (Phi) is 8.28. The molecule has 0 spiro atoms. The quantitative estimate of drug-likeness (QED) is 0.236. The highest BCUT2D eigenvalue weighted by Crippen LogP contribution is 2.30. The standard InChI is InChI=1S/C24H25N3O8/c1-33-15-6-4-14(5-7-15)18-12-22(29)35-20-11-16(8-9-17(18)20)34-13-21(28)27-19(23(30)31)3-2-10-26-24(25)32/h4-9,11-12,19H,2-3,10,13H2,1H3,(H,27,28)(H,30,31)(H3,25,26,32)/t19-/m0/s1. The van der Waals surface area contributed by atoms with E-state index >= 15 is 0 Å². The van der Waals surface area contributed by atoms with E-state index in [9.17, 15) is 24.3 Å². The van der Waals surface area contributed by atoms with E-state index in [4.69, 9.17) is 19.6 Å². The number of primary amides is 1. The zero-order valence-corrected chi connectivity index (χ0v) is 18.9. The van der Waals surface area contributed by atoms with Crippen LogP contribution < -0.4 is 31.5 Å². The predicted molar refractivity (Wildman–Crippen MR) is 126 cm³/mol. The molecule has 0 aliphatic heterocycles. The van der Waals surface area contributed by atoms with E-state index in [0.717, 1.165) is 5.56 Å². The van der Waals surface area contributed by atoms with Gasteiger partial charge in [0.15, 0.2) is 6.61 Å². The third kappa shape index (κ3) is 6.97. The molecule has 35 heavy (non-hydrogen) atoms. The van der Waals surface area contributed by atoms with Gasteiger partial charge in [0, 0.05) is 24.1 Å². The molecule has 0 saturated carbocycles. The normalized spacial score (nSPS) is 11.5. The van der Waals surface area contributed by atoms with Crippen molar-refractivity contribution in [2.45, 2.75) is 18.9 Å². The molecule has 0 fully saturated rings. The molecule has 0 saturated heterocycles. The van der Waals surface area contributed by atoms with Crippen LogP contribution in [0.2, 0.25) is 0 Å². The summed E-state index contributed by atoms with van der Waals surface area (Å²) in [6.45, 7) is -0.260. The van der Waals surface area contributed by atoms with Gasteiger partial charge in [0.2, 0.25) is 0 Å². The van der Waals surface area contributed by atoms with Crippen LogP contribution in [0.1, 0.15) is 12.8 Å². The van der Waals surface area contributed by atoms with Crippen molar-refractivity contribution in [1.82, 2.24) is 10.6 Å². The van der Waals surface area contributed by atoms with Crippen LogP contribution in [-0.2, 0) is 9.59 Å². The van der Waals surface area contributed by atoms with E-state index in [0.29, 0.717) is 23.1 Å². The van der Waals surface area contributed by atoms with Crippen LogP contribution in [0, 0.1) is 0 Å². The van der Waals surface area contributed by atoms with Crippen LogP contribution in [0.3, 0.4) is 0 Å². The van der Waals surface area contributed by atoms with Gasteiger partial charge in [0.25, 0.3) is 5.91 Å². The molecule has 1 heterocycles. The number of carbonyl (C=O) groups excluding carboxylic acids is 2. The molecular formula is C24H25N3O8. The van der Waals surface area contributed by atoms with Crippen molar-refractivity contribution in [3.63, 3.8) is 0 Å². The molecule has 0 radical (unpaired) electrons. The molecule has 2 aromatic carbocycles. The Bertz CT molecular complexity index is 1270. The fourth-order valence-corrected chi connectivity index (χ4v) is 3.40. The lowest BCUT2D eigenvalue weighted by Crippen LogP contribution is -2.43. The fourth-order valence-electron chi connectivity index (χ4n) is 3.40. The molecule has 0 aliphatic carbocycles. The van der Waals surface area contributed by atoms with Gasteiger partial charge in [-0.15, -0.1) is 0 Å². The van der Waals surface area contributed by atoms with Gasteiger partial charge in [0.05, 0.1) is 7.11 Å². The number of methoxy groups -OCH3 is 1. The number of urea groups is 1. The molecule has 0 unspecified atom stereocenters. The fraction of sp³-hybridized carbons (Fsp3) is 0.250. The van der Waals surface area contributed by atoms with Gasteiger partial charge in [-0.25, -0.2) is 14.4 Å². The maximum Gasteiger partial charge on any atom is 0.336 e. The van der Waals surface area contributed by atoms with Crippen LogP contribution in [-0.4, -0.2) is 49.3 Å². The van der Waals surface area contributed by atoms with Gasteiger partial charge in [-0.2, -0.15) is 0 Å². The molecule has 5 N–H and O–H groups in total. The molecule has 3 amide bonds. The van der Waals surface area contributed by atoms with Gasteiger partial charge in [0.1, 0.15) is 23.1 Å². The molecule has 1 aromatic heterocycles. The lowest BCUT2D eigenvalue weighted by atomic mass is 10.0. The number of hydrogen-bond donors (Lipinski definition) is 4. The highest BCUT2D eigenvalue weighted by molar-refractivity contribution is 5.94. The van der Waals surface area contributed by atoms with E-state index in [1.54, 1.807) is 31.4 Å². The molecular weight excluding hydrogens is 458 g/mol. The van der Waals surface area contributed by atoms with Crippen LogP contribution in [0.5, 0.6) is 11.5 Å². The largest absolute Gasteiger partial charge is 0.497 e. The Morgan fingerprint density at radius 2 is 1.80 bits per heavy atom. The number of benzene rings is 2. The zero-order valence-electron chi connectivity index (χ0n) is 18.9. The third-order valence-corrected chi connectivity index (χ3v) is 5.09. The number of carboxylic acids is 1. The van der Waals surface area contributed by atoms with Crippen molar-refractivity contribution in [3.05, 3.63) is 59.0 Å². The number of nitrogens with two attached hydrogens (primary N) is 1. The lowest BCUT2D eigenvalue weighted by molar-refractivity contribution is -0.142. The van der Waals surface area contributed by atoms with Gasteiger partial charge < -0.3 is 35.4 Å². The number of nitrogens with one attached hydrogen (secondary N) is 2. The molecule has 0 bridgehead atoms. The Morgan fingerprint density at radius 1 is 1.09 bits per heavy atom. The SMILES string of the molecule is COc1ccc(-c2cc(=O)oc3cc(OCC(=O)N[C@@H](CCCNC(N)=O)C(=O)O)ccc23)cc1. The number of hydrogen-bond acceptors (Lipinski definition) is 7. The first-order chi connectivity index (χ1) is 16.8. The van der Waals surface area contributed by atoms with Crippen LogP contribution in [0.4, 0.5) is 4.79 Å². The van der Waals surface area contributed by atoms with E-state index < -0.39 is 36.2 Å². The van der Waals surface area contributed by atoms with Gasteiger partial charge in [-0.3, -0.25) is 4.79 Å². The summed E-state index contributed by atoms with van der Waals surface area (Å²) in [5.41, 5.74) is 6.14. The first-order valence-corrected chi connectivity index (χ1v) is 10.7. The number of fused-ring (bicyclic) bond motifs is 1.